The Morgan fingerprint density at radius 3 is 2.37 bits per heavy atom. The van der Waals surface area contributed by atoms with Crippen LogP contribution in [0.3, 0.4) is 0 Å². The largest absolute Gasteiger partial charge is 0.326 e. The summed E-state index contributed by atoms with van der Waals surface area (Å²) in [6.07, 6.45) is 4.62. The van der Waals surface area contributed by atoms with Gasteiger partial charge in [-0.1, -0.05) is 0 Å². The predicted molar refractivity (Wildman–Crippen MR) is 79.5 cm³/mol. The van der Waals surface area contributed by atoms with Crippen molar-refractivity contribution >= 4 is 37.3 Å². The summed E-state index contributed by atoms with van der Waals surface area (Å²) in [5.74, 6) is 1.10. The van der Waals surface area contributed by atoms with Gasteiger partial charge in [0.25, 0.3) is 0 Å². The minimum atomic E-state index is -3.43. The van der Waals surface area contributed by atoms with Crippen molar-refractivity contribution in [3.8, 4) is 0 Å². The minimum Gasteiger partial charge on any atom is -0.326 e. The fraction of sp³-hybridized carbons (Fsp3) is 0.667. The maximum absolute atomic E-state index is 12.5. The van der Waals surface area contributed by atoms with E-state index in [9.17, 15) is 8.42 Å². The van der Waals surface area contributed by atoms with E-state index >= 15 is 0 Å². The van der Waals surface area contributed by atoms with Crippen molar-refractivity contribution in [1.29, 1.82) is 0 Å². The molecule has 1 aromatic rings. The second kappa shape index (κ2) is 5.11. The van der Waals surface area contributed by atoms with Gasteiger partial charge >= 0.3 is 0 Å². The molecule has 0 unspecified atom stereocenters. The Kier molecular flexibility index (Phi) is 3.77. The zero-order chi connectivity index (χ0) is 13.6. The maximum Gasteiger partial charge on any atom is 0.242 e. The number of nitrogens with two attached hydrogens (primary N) is 1. The van der Waals surface area contributed by atoms with Crippen molar-refractivity contribution in [1.82, 2.24) is 4.72 Å². The molecule has 7 heteroatoms. The summed E-state index contributed by atoms with van der Waals surface area (Å²) in [4.78, 5) is 1.21. The Morgan fingerprint density at radius 1 is 1.37 bits per heavy atom. The minimum absolute atomic E-state index is 0.137. The third-order valence-corrected chi connectivity index (χ3v) is 7.48. The van der Waals surface area contributed by atoms with Crippen LogP contribution in [0.15, 0.2) is 14.7 Å². The second-order valence-corrected chi connectivity index (χ2v) is 9.51. The molecule has 1 heterocycles. The fourth-order valence-electron chi connectivity index (χ4n) is 2.41. The molecule has 0 amide bonds. The Bertz CT molecular complexity index is 565. The van der Waals surface area contributed by atoms with E-state index in [1.54, 1.807) is 6.07 Å². The van der Waals surface area contributed by atoms with E-state index in [4.69, 9.17) is 5.73 Å². The summed E-state index contributed by atoms with van der Waals surface area (Å²) in [6, 6.07) is 1.81. The summed E-state index contributed by atoms with van der Waals surface area (Å²) in [7, 11) is -3.43. The van der Waals surface area contributed by atoms with E-state index in [1.807, 2.05) is 0 Å². The molecule has 2 fully saturated rings. The Hall–Kier alpha value is 0.0500. The van der Waals surface area contributed by atoms with Gasteiger partial charge in [0.1, 0.15) is 4.90 Å². The number of thiophene rings is 1. The molecule has 2 aliphatic rings. The van der Waals surface area contributed by atoms with Crippen molar-refractivity contribution in [3.05, 3.63) is 14.7 Å². The molecule has 0 radical (unpaired) electrons. The van der Waals surface area contributed by atoms with E-state index in [2.05, 4.69) is 20.7 Å². The summed E-state index contributed by atoms with van der Waals surface area (Å²) < 4.78 is 28.5. The number of hydrogen-bond acceptors (Lipinski definition) is 4. The van der Waals surface area contributed by atoms with Gasteiger partial charge in [0.15, 0.2) is 0 Å². The highest BCUT2D eigenvalue weighted by Crippen LogP contribution is 2.45. The van der Waals surface area contributed by atoms with Crippen LogP contribution in [0.4, 0.5) is 0 Å². The van der Waals surface area contributed by atoms with Gasteiger partial charge in [0.2, 0.25) is 10.0 Å². The smallest absolute Gasteiger partial charge is 0.242 e. The van der Waals surface area contributed by atoms with E-state index in [1.165, 1.54) is 11.3 Å². The molecule has 2 saturated carbocycles. The molecular formula is C12H17BrN2O2S2. The van der Waals surface area contributed by atoms with Crippen molar-refractivity contribution in [2.75, 3.05) is 0 Å². The first-order valence-corrected chi connectivity index (χ1v) is 9.61. The van der Waals surface area contributed by atoms with E-state index in [-0.39, 0.29) is 6.04 Å². The van der Waals surface area contributed by atoms with Crippen LogP contribution in [0, 0.1) is 11.8 Å². The molecule has 1 aromatic heterocycles. The zero-order valence-electron chi connectivity index (χ0n) is 10.4. The first-order chi connectivity index (χ1) is 9.01. The van der Waals surface area contributed by atoms with Crippen molar-refractivity contribution in [3.63, 3.8) is 0 Å². The molecule has 2 aliphatic carbocycles. The Labute approximate surface area is 125 Å². The maximum atomic E-state index is 12.5. The molecule has 0 aliphatic heterocycles. The molecule has 19 heavy (non-hydrogen) atoms. The zero-order valence-corrected chi connectivity index (χ0v) is 13.7. The van der Waals surface area contributed by atoms with Gasteiger partial charge in [-0.15, -0.1) is 11.3 Å². The number of nitrogens with one attached hydrogen (secondary N) is 1. The number of rotatable bonds is 6. The molecule has 3 N–H and O–H groups in total. The van der Waals surface area contributed by atoms with Gasteiger partial charge in [0, 0.05) is 17.5 Å². The van der Waals surface area contributed by atoms with Crippen LogP contribution in [0.1, 0.15) is 30.6 Å². The topological polar surface area (TPSA) is 72.2 Å². The lowest BCUT2D eigenvalue weighted by atomic mass is 10.1. The molecule has 0 aromatic carbocycles. The van der Waals surface area contributed by atoms with Crippen LogP contribution in [0.2, 0.25) is 0 Å². The van der Waals surface area contributed by atoms with Gasteiger partial charge in [-0.2, -0.15) is 0 Å². The average Bonchev–Trinajstić information content (AvgIpc) is 3.24. The van der Waals surface area contributed by atoms with E-state index in [0.29, 0.717) is 27.1 Å². The molecule has 0 atom stereocenters. The highest BCUT2D eigenvalue weighted by molar-refractivity contribution is 9.11. The number of halogens is 1. The standard InChI is InChI=1S/C12H17BrN2O2S2/c13-12-10(5-9(6-14)18-12)19(16,17)15-11(7-1-2-7)8-3-4-8/h5,7-8,11,15H,1-4,6,14H2. The highest BCUT2D eigenvalue weighted by Gasteiger charge is 2.43. The lowest BCUT2D eigenvalue weighted by molar-refractivity contribution is 0.471. The molecule has 0 saturated heterocycles. The molecule has 106 valence electrons. The van der Waals surface area contributed by atoms with E-state index < -0.39 is 10.0 Å². The number of hydrogen-bond donors (Lipinski definition) is 2. The van der Waals surface area contributed by atoms with E-state index in [0.717, 1.165) is 30.6 Å². The molecular weight excluding hydrogens is 348 g/mol. The normalized spacial score (nSPS) is 20.2. The van der Waals surface area contributed by atoms with Crippen LogP contribution in [0.25, 0.3) is 0 Å². The number of sulfonamides is 1. The van der Waals surface area contributed by atoms with Crippen LogP contribution < -0.4 is 10.5 Å². The average molecular weight is 365 g/mol. The third-order valence-electron chi connectivity index (χ3n) is 3.75. The van der Waals surface area contributed by atoms with Gasteiger partial charge < -0.3 is 5.73 Å². The van der Waals surface area contributed by atoms with Crippen LogP contribution in [0.5, 0.6) is 0 Å². The monoisotopic (exact) mass is 364 g/mol. The van der Waals surface area contributed by atoms with Gasteiger partial charge in [-0.3, -0.25) is 0 Å². The summed E-state index contributed by atoms with van der Waals surface area (Å²) >= 11 is 4.72. The van der Waals surface area contributed by atoms with Gasteiger partial charge in [-0.25, -0.2) is 13.1 Å². The lowest BCUT2D eigenvalue weighted by Gasteiger charge is -2.17. The summed E-state index contributed by atoms with van der Waals surface area (Å²) in [5, 5.41) is 0. The molecule has 4 nitrogen and oxygen atoms in total. The first kappa shape index (κ1) is 14.0. The van der Waals surface area contributed by atoms with Gasteiger partial charge in [0.05, 0.1) is 3.79 Å². The Morgan fingerprint density at radius 2 is 1.95 bits per heavy atom. The van der Waals surface area contributed by atoms with Crippen molar-refractivity contribution in [2.45, 2.75) is 43.2 Å². The fourth-order valence-corrected chi connectivity index (χ4v) is 6.35. The third kappa shape index (κ3) is 3.05. The summed E-state index contributed by atoms with van der Waals surface area (Å²) in [6.45, 7) is 0.369. The van der Waals surface area contributed by atoms with Crippen molar-refractivity contribution in [2.24, 2.45) is 17.6 Å². The Balaban J connectivity index is 1.82. The van der Waals surface area contributed by atoms with Crippen molar-refractivity contribution < 1.29 is 8.42 Å². The van der Waals surface area contributed by atoms with Gasteiger partial charge in [-0.05, 0) is 59.5 Å². The lowest BCUT2D eigenvalue weighted by Crippen LogP contribution is -2.38. The molecule has 3 rings (SSSR count). The van der Waals surface area contributed by atoms with Crippen LogP contribution in [-0.2, 0) is 16.6 Å². The molecule has 0 bridgehead atoms. The van der Waals surface area contributed by atoms with Crippen LogP contribution >= 0.6 is 27.3 Å². The van der Waals surface area contributed by atoms with Crippen LogP contribution in [-0.4, -0.2) is 14.5 Å². The first-order valence-electron chi connectivity index (χ1n) is 6.52. The predicted octanol–water partition coefficient (Wildman–Crippen LogP) is 2.44. The molecule has 0 spiro atoms. The second-order valence-electron chi connectivity index (χ2n) is 5.38. The quantitative estimate of drug-likeness (QED) is 0.813. The SMILES string of the molecule is NCc1cc(S(=O)(=O)NC(C2CC2)C2CC2)c(Br)s1. The highest BCUT2D eigenvalue weighted by atomic mass is 79.9. The summed E-state index contributed by atoms with van der Waals surface area (Å²) in [5.41, 5.74) is 5.57.